The van der Waals surface area contributed by atoms with Gasteiger partial charge in [0.2, 0.25) is 5.91 Å². The highest BCUT2D eigenvalue weighted by molar-refractivity contribution is 7.12. The van der Waals surface area contributed by atoms with E-state index in [0.29, 0.717) is 17.0 Å². The molecule has 5 nitrogen and oxygen atoms in total. The molecule has 1 N–H and O–H groups in total. The van der Waals surface area contributed by atoms with Crippen LogP contribution in [0.5, 0.6) is 5.75 Å². The average Bonchev–Trinajstić information content (AvgIpc) is 3.43. The van der Waals surface area contributed by atoms with Crippen LogP contribution in [-0.2, 0) is 4.79 Å². The molecular formula is C30H44N2O3S. The fourth-order valence-corrected chi connectivity index (χ4v) is 4.66. The Labute approximate surface area is 221 Å². The van der Waals surface area contributed by atoms with Crippen molar-refractivity contribution in [1.82, 2.24) is 5.43 Å². The van der Waals surface area contributed by atoms with E-state index in [1.807, 2.05) is 11.4 Å². The number of hydrazone groups is 1. The van der Waals surface area contributed by atoms with Gasteiger partial charge in [-0.25, -0.2) is 10.2 Å². The zero-order valence-corrected chi connectivity index (χ0v) is 22.8. The van der Waals surface area contributed by atoms with Crippen LogP contribution in [0.4, 0.5) is 0 Å². The second kappa shape index (κ2) is 19.7. The molecule has 6 heteroatoms. The van der Waals surface area contributed by atoms with E-state index < -0.39 is 0 Å². The van der Waals surface area contributed by atoms with Crippen molar-refractivity contribution in [3.8, 4) is 5.75 Å². The van der Waals surface area contributed by atoms with Gasteiger partial charge in [0.15, 0.2) is 0 Å². The molecule has 1 heterocycles. The Morgan fingerprint density at radius 3 is 1.89 bits per heavy atom. The second-order valence-corrected chi connectivity index (χ2v) is 10.4. The first-order valence-electron chi connectivity index (χ1n) is 13.9. The Balaban J connectivity index is 1.42. The highest BCUT2D eigenvalue weighted by Gasteiger charge is 2.09. The summed E-state index contributed by atoms with van der Waals surface area (Å²) in [6.07, 6.45) is 21.8. The average molecular weight is 513 g/mol. The van der Waals surface area contributed by atoms with Gasteiger partial charge in [-0.1, -0.05) is 103 Å². The zero-order chi connectivity index (χ0) is 25.7. The topological polar surface area (TPSA) is 67.8 Å². The van der Waals surface area contributed by atoms with Crippen LogP contribution in [0.3, 0.4) is 0 Å². The third kappa shape index (κ3) is 14.2. The number of benzene rings is 1. The predicted molar refractivity (Wildman–Crippen MR) is 151 cm³/mol. The lowest BCUT2D eigenvalue weighted by atomic mass is 10.0. The Morgan fingerprint density at radius 1 is 0.806 bits per heavy atom. The number of ether oxygens (including phenoxy) is 1. The minimum absolute atomic E-state index is 0.0533. The van der Waals surface area contributed by atoms with E-state index in [0.717, 1.165) is 18.4 Å². The Bertz CT molecular complexity index is 863. The van der Waals surface area contributed by atoms with Gasteiger partial charge >= 0.3 is 5.97 Å². The van der Waals surface area contributed by atoms with Gasteiger partial charge in [0.25, 0.3) is 0 Å². The Hall–Kier alpha value is -2.47. The van der Waals surface area contributed by atoms with Gasteiger partial charge in [-0.2, -0.15) is 5.10 Å². The number of unbranched alkanes of at least 4 members (excludes halogenated alkanes) is 14. The lowest BCUT2D eigenvalue weighted by Crippen LogP contribution is -2.16. The molecule has 0 fully saturated rings. The maximum absolute atomic E-state index is 12.0. The third-order valence-electron chi connectivity index (χ3n) is 6.22. The van der Waals surface area contributed by atoms with Gasteiger partial charge in [-0.3, -0.25) is 4.79 Å². The van der Waals surface area contributed by atoms with Gasteiger partial charge in [-0.05, 0) is 47.7 Å². The molecule has 0 aliphatic rings. The molecule has 2 rings (SSSR count). The monoisotopic (exact) mass is 512 g/mol. The minimum Gasteiger partial charge on any atom is -0.422 e. The molecule has 0 unspecified atom stereocenters. The fourth-order valence-electron chi connectivity index (χ4n) is 4.07. The molecule has 0 saturated carbocycles. The van der Waals surface area contributed by atoms with Crippen LogP contribution in [0.2, 0.25) is 0 Å². The summed E-state index contributed by atoms with van der Waals surface area (Å²) >= 11 is 1.35. The van der Waals surface area contributed by atoms with Crippen LogP contribution in [0.1, 0.15) is 125 Å². The summed E-state index contributed by atoms with van der Waals surface area (Å²) in [5.74, 6) is 0.0580. The molecule has 0 atom stereocenters. The third-order valence-corrected chi connectivity index (χ3v) is 7.07. The highest BCUT2D eigenvalue weighted by atomic mass is 32.1. The molecule has 2 aromatic rings. The summed E-state index contributed by atoms with van der Waals surface area (Å²) in [4.78, 5) is 24.5. The summed E-state index contributed by atoms with van der Waals surface area (Å²) in [5.41, 5.74) is 3.41. The van der Waals surface area contributed by atoms with Crippen molar-refractivity contribution in [3.63, 3.8) is 0 Å². The lowest BCUT2D eigenvalue weighted by Gasteiger charge is -2.04. The van der Waals surface area contributed by atoms with Crippen molar-refractivity contribution < 1.29 is 14.3 Å². The van der Waals surface area contributed by atoms with Crippen molar-refractivity contribution in [3.05, 3.63) is 52.2 Å². The molecule has 1 amide bonds. The van der Waals surface area contributed by atoms with Crippen LogP contribution in [0, 0.1) is 0 Å². The number of nitrogens with zero attached hydrogens (tertiary/aromatic N) is 1. The van der Waals surface area contributed by atoms with E-state index in [9.17, 15) is 9.59 Å². The molecule has 0 spiro atoms. The van der Waals surface area contributed by atoms with Gasteiger partial charge in [-0.15, -0.1) is 11.3 Å². The number of esters is 1. The first-order chi connectivity index (χ1) is 17.7. The summed E-state index contributed by atoms with van der Waals surface area (Å²) in [7, 11) is 0. The quantitative estimate of drug-likeness (QED) is 0.0634. The number of thiophene rings is 1. The normalized spacial score (nSPS) is 11.1. The zero-order valence-electron chi connectivity index (χ0n) is 22.0. The SMILES string of the molecule is CCCCCCCCCCCCCCCCCC(=O)N/N=C\c1ccc(OC(=O)c2cccs2)cc1. The maximum Gasteiger partial charge on any atom is 0.353 e. The molecule has 198 valence electrons. The molecule has 0 radical (unpaired) electrons. The number of hydrogen-bond donors (Lipinski definition) is 1. The van der Waals surface area contributed by atoms with Crippen molar-refractivity contribution in [2.75, 3.05) is 0 Å². The van der Waals surface area contributed by atoms with Crippen molar-refractivity contribution in [2.24, 2.45) is 5.10 Å². The number of rotatable bonds is 20. The van der Waals surface area contributed by atoms with Crippen LogP contribution in [0.25, 0.3) is 0 Å². The molecule has 0 aliphatic heterocycles. The number of hydrogen-bond acceptors (Lipinski definition) is 5. The van der Waals surface area contributed by atoms with E-state index >= 15 is 0 Å². The van der Waals surface area contributed by atoms with E-state index in [1.165, 1.54) is 94.8 Å². The lowest BCUT2D eigenvalue weighted by molar-refractivity contribution is -0.121. The number of nitrogens with one attached hydrogen (secondary N) is 1. The van der Waals surface area contributed by atoms with Gasteiger partial charge < -0.3 is 4.74 Å². The van der Waals surface area contributed by atoms with E-state index in [1.54, 1.807) is 36.5 Å². The van der Waals surface area contributed by atoms with Gasteiger partial charge in [0.05, 0.1) is 6.21 Å². The Morgan fingerprint density at radius 2 is 1.36 bits per heavy atom. The first-order valence-corrected chi connectivity index (χ1v) is 14.7. The molecule has 36 heavy (non-hydrogen) atoms. The van der Waals surface area contributed by atoms with E-state index in [2.05, 4.69) is 17.5 Å². The number of carbonyl (C=O) groups excluding carboxylic acids is 2. The van der Waals surface area contributed by atoms with Crippen molar-refractivity contribution >= 4 is 29.4 Å². The molecule has 1 aromatic heterocycles. The molecule has 1 aromatic carbocycles. The van der Waals surface area contributed by atoms with Gasteiger partial charge in [0.1, 0.15) is 10.6 Å². The maximum atomic E-state index is 12.0. The van der Waals surface area contributed by atoms with Gasteiger partial charge in [0, 0.05) is 6.42 Å². The summed E-state index contributed by atoms with van der Waals surface area (Å²) < 4.78 is 5.33. The van der Waals surface area contributed by atoms with E-state index in [-0.39, 0.29) is 11.9 Å². The molecule has 0 saturated heterocycles. The van der Waals surface area contributed by atoms with Crippen LogP contribution in [-0.4, -0.2) is 18.1 Å². The van der Waals surface area contributed by atoms with Crippen LogP contribution in [0.15, 0.2) is 46.9 Å². The predicted octanol–water partition coefficient (Wildman–Crippen LogP) is 8.68. The summed E-state index contributed by atoms with van der Waals surface area (Å²) in [5, 5.41) is 5.87. The van der Waals surface area contributed by atoms with Crippen LogP contribution >= 0.6 is 11.3 Å². The van der Waals surface area contributed by atoms with E-state index in [4.69, 9.17) is 4.74 Å². The minimum atomic E-state index is -0.363. The van der Waals surface area contributed by atoms with Crippen molar-refractivity contribution in [2.45, 2.75) is 110 Å². The first kappa shape index (κ1) is 29.8. The Kier molecular flexibility index (Phi) is 16.3. The van der Waals surface area contributed by atoms with Crippen LogP contribution < -0.4 is 10.2 Å². The standard InChI is InChI=1S/C30H44N2O3S/c1-2-3-4-5-6-7-8-9-10-11-12-13-14-15-16-19-29(33)32-31-25-26-20-22-27(23-21-26)35-30(34)28-18-17-24-36-28/h17-18,20-25H,2-16,19H2,1H3,(H,32,33)/b31-25-. The molecular weight excluding hydrogens is 468 g/mol. The fraction of sp³-hybridized carbons (Fsp3) is 0.567. The summed E-state index contributed by atoms with van der Waals surface area (Å²) in [6, 6.07) is 10.6. The molecule has 0 bridgehead atoms. The summed E-state index contributed by atoms with van der Waals surface area (Å²) in [6.45, 7) is 2.27. The largest absolute Gasteiger partial charge is 0.422 e. The number of carbonyl (C=O) groups is 2. The van der Waals surface area contributed by atoms with Crippen molar-refractivity contribution in [1.29, 1.82) is 0 Å². The molecule has 0 aliphatic carbocycles. The second-order valence-electron chi connectivity index (χ2n) is 9.43. The highest BCUT2D eigenvalue weighted by Crippen LogP contribution is 2.16. The number of amides is 1. The smallest absolute Gasteiger partial charge is 0.353 e.